The van der Waals surface area contributed by atoms with E-state index >= 15 is 0 Å². The first-order chi connectivity index (χ1) is 9.31. The third-order valence-electron chi connectivity index (χ3n) is 3.72. The van der Waals surface area contributed by atoms with Crippen molar-refractivity contribution in [3.8, 4) is 0 Å². The second-order valence-corrected chi connectivity index (χ2v) is 5.56. The summed E-state index contributed by atoms with van der Waals surface area (Å²) in [7, 11) is 1.67. The van der Waals surface area contributed by atoms with Gasteiger partial charge in [0.2, 0.25) is 0 Å². The number of hydrogen-bond donors (Lipinski definition) is 1. The van der Waals surface area contributed by atoms with E-state index in [-0.39, 0.29) is 6.10 Å². The van der Waals surface area contributed by atoms with Crippen LogP contribution in [-0.2, 0) is 4.74 Å². The number of hydrogen-bond acceptors (Lipinski definition) is 3. The molecule has 1 aliphatic rings. The molecule has 3 nitrogen and oxygen atoms in total. The molecule has 1 aromatic heterocycles. The Morgan fingerprint density at radius 3 is 2.84 bits per heavy atom. The molecule has 1 unspecified atom stereocenters. The number of nitrogens with one attached hydrogen (secondary N) is 1. The van der Waals surface area contributed by atoms with Gasteiger partial charge in [-0.3, -0.25) is 4.98 Å². The fraction of sp³-hybridized carbons (Fsp3) is 0.600. The lowest BCUT2D eigenvalue weighted by Gasteiger charge is -2.24. The van der Waals surface area contributed by atoms with E-state index in [0.29, 0.717) is 0 Å². The lowest BCUT2D eigenvalue weighted by molar-refractivity contribution is 0.153. The smallest absolute Gasteiger partial charge is 0.149 e. The van der Waals surface area contributed by atoms with Gasteiger partial charge in [0, 0.05) is 19.9 Å². The van der Waals surface area contributed by atoms with Crippen molar-refractivity contribution in [3.05, 3.63) is 30.1 Å². The average Bonchev–Trinajstić information content (AvgIpc) is 2.48. The molecule has 1 saturated carbocycles. The third-order valence-corrected chi connectivity index (χ3v) is 4.08. The Labute approximate surface area is 120 Å². The molecule has 19 heavy (non-hydrogen) atoms. The van der Waals surface area contributed by atoms with Crippen LogP contribution in [0, 0.1) is 5.92 Å². The maximum absolute atomic E-state index is 5.47. The highest BCUT2D eigenvalue weighted by Gasteiger charge is 2.19. The van der Waals surface area contributed by atoms with E-state index in [0.717, 1.165) is 23.1 Å². The summed E-state index contributed by atoms with van der Waals surface area (Å²) in [6, 6.07) is 5.80. The third kappa shape index (κ3) is 4.25. The van der Waals surface area contributed by atoms with Gasteiger partial charge in [-0.05, 0) is 30.9 Å². The molecule has 0 saturated heterocycles. The van der Waals surface area contributed by atoms with E-state index in [1.54, 1.807) is 13.3 Å². The van der Waals surface area contributed by atoms with Crippen LogP contribution in [0.25, 0.3) is 0 Å². The minimum absolute atomic E-state index is 0.236. The minimum Gasteiger partial charge on any atom is -0.377 e. The van der Waals surface area contributed by atoms with Gasteiger partial charge in [-0.1, -0.05) is 37.5 Å². The Morgan fingerprint density at radius 1 is 1.42 bits per heavy atom. The van der Waals surface area contributed by atoms with Crippen LogP contribution in [0.3, 0.4) is 0 Å². The summed E-state index contributed by atoms with van der Waals surface area (Å²) in [4.78, 5) is 5.06. The molecule has 0 aliphatic heterocycles. The maximum Gasteiger partial charge on any atom is 0.149 e. The summed E-state index contributed by atoms with van der Waals surface area (Å²) < 4.78 is 5.47. The van der Waals surface area contributed by atoms with Crippen molar-refractivity contribution in [3.63, 3.8) is 0 Å². The minimum atomic E-state index is -0.236. The van der Waals surface area contributed by atoms with Gasteiger partial charge in [0.15, 0.2) is 0 Å². The van der Waals surface area contributed by atoms with Gasteiger partial charge in [-0.2, -0.15) is 0 Å². The standard InChI is InChI=1S/C15H22N2OS/c1-18-14(13-9-5-6-10-16-13)15(19)17-11-12-7-3-2-4-8-12/h5-6,9-10,12,14H,2-4,7-8,11H2,1H3,(H,17,19). The molecule has 0 spiro atoms. The number of ether oxygens (including phenoxy) is 1. The molecule has 1 aliphatic carbocycles. The Balaban J connectivity index is 1.86. The highest BCUT2D eigenvalue weighted by Crippen LogP contribution is 2.23. The first-order valence-corrected chi connectivity index (χ1v) is 7.43. The zero-order valence-electron chi connectivity index (χ0n) is 11.5. The van der Waals surface area contributed by atoms with Crippen molar-refractivity contribution in [2.45, 2.75) is 38.2 Å². The highest BCUT2D eigenvalue weighted by atomic mass is 32.1. The van der Waals surface area contributed by atoms with Gasteiger partial charge >= 0.3 is 0 Å². The molecular weight excluding hydrogens is 256 g/mol. The number of rotatable bonds is 5. The molecule has 4 heteroatoms. The van der Waals surface area contributed by atoms with Gasteiger partial charge in [0.1, 0.15) is 11.1 Å². The predicted molar refractivity (Wildman–Crippen MR) is 81.2 cm³/mol. The van der Waals surface area contributed by atoms with Crippen molar-refractivity contribution in [2.75, 3.05) is 13.7 Å². The zero-order valence-corrected chi connectivity index (χ0v) is 12.3. The topological polar surface area (TPSA) is 34.1 Å². The molecule has 0 bridgehead atoms. The molecule has 0 amide bonds. The van der Waals surface area contributed by atoms with Crippen molar-refractivity contribution in [1.82, 2.24) is 10.3 Å². The van der Waals surface area contributed by atoms with E-state index < -0.39 is 0 Å². The Bertz CT molecular complexity index is 390. The van der Waals surface area contributed by atoms with Crippen molar-refractivity contribution in [1.29, 1.82) is 0 Å². The SMILES string of the molecule is COC(C(=S)NCC1CCCCC1)c1ccccn1. The summed E-state index contributed by atoms with van der Waals surface area (Å²) in [5, 5.41) is 3.37. The van der Waals surface area contributed by atoms with Gasteiger partial charge in [0.25, 0.3) is 0 Å². The monoisotopic (exact) mass is 278 g/mol. The van der Waals surface area contributed by atoms with Crippen LogP contribution in [0.5, 0.6) is 0 Å². The van der Waals surface area contributed by atoms with Gasteiger partial charge in [0.05, 0.1) is 5.69 Å². The van der Waals surface area contributed by atoms with E-state index in [1.165, 1.54) is 32.1 Å². The van der Waals surface area contributed by atoms with E-state index in [9.17, 15) is 0 Å². The molecule has 0 aromatic carbocycles. The molecular formula is C15H22N2OS. The summed E-state index contributed by atoms with van der Waals surface area (Å²) >= 11 is 5.45. The molecule has 1 atom stereocenters. The number of pyridine rings is 1. The quantitative estimate of drug-likeness (QED) is 0.838. The number of aromatic nitrogens is 1. The first kappa shape index (κ1) is 14.4. The van der Waals surface area contributed by atoms with E-state index in [2.05, 4.69) is 10.3 Å². The fourth-order valence-electron chi connectivity index (χ4n) is 2.62. The second-order valence-electron chi connectivity index (χ2n) is 5.12. The van der Waals surface area contributed by atoms with Crippen molar-refractivity contribution >= 4 is 17.2 Å². The molecule has 1 N–H and O–H groups in total. The molecule has 1 heterocycles. The zero-order chi connectivity index (χ0) is 13.5. The molecule has 104 valence electrons. The molecule has 0 radical (unpaired) electrons. The lowest BCUT2D eigenvalue weighted by atomic mass is 9.89. The van der Waals surface area contributed by atoms with Crippen molar-refractivity contribution in [2.24, 2.45) is 5.92 Å². The van der Waals surface area contributed by atoms with Gasteiger partial charge in [-0.25, -0.2) is 0 Å². The Morgan fingerprint density at radius 2 is 2.21 bits per heavy atom. The van der Waals surface area contributed by atoms with Crippen LogP contribution >= 0.6 is 12.2 Å². The van der Waals surface area contributed by atoms with Crippen LogP contribution in [0.2, 0.25) is 0 Å². The van der Waals surface area contributed by atoms with Crippen molar-refractivity contribution < 1.29 is 4.74 Å². The Hall–Kier alpha value is -1.00. The largest absolute Gasteiger partial charge is 0.377 e. The normalized spacial score (nSPS) is 17.9. The number of nitrogens with zero attached hydrogens (tertiary/aromatic N) is 1. The van der Waals surface area contributed by atoms with Crippen LogP contribution in [0.15, 0.2) is 24.4 Å². The number of methoxy groups -OCH3 is 1. The van der Waals surface area contributed by atoms with E-state index in [1.807, 2.05) is 18.2 Å². The maximum atomic E-state index is 5.47. The fourth-order valence-corrected chi connectivity index (χ4v) is 2.92. The summed E-state index contributed by atoms with van der Waals surface area (Å²) in [5.41, 5.74) is 0.867. The van der Waals surface area contributed by atoms with Gasteiger partial charge < -0.3 is 10.1 Å². The van der Waals surface area contributed by atoms with Crippen LogP contribution in [0.1, 0.15) is 43.9 Å². The highest BCUT2D eigenvalue weighted by molar-refractivity contribution is 7.80. The Kier molecular flexibility index (Phi) is 5.73. The lowest BCUT2D eigenvalue weighted by Crippen LogP contribution is -2.33. The summed E-state index contributed by atoms with van der Waals surface area (Å²) in [5.74, 6) is 0.757. The van der Waals surface area contributed by atoms with Gasteiger partial charge in [-0.15, -0.1) is 0 Å². The van der Waals surface area contributed by atoms with E-state index in [4.69, 9.17) is 17.0 Å². The molecule has 1 aromatic rings. The summed E-state index contributed by atoms with van der Waals surface area (Å²) in [6.45, 7) is 0.964. The average molecular weight is 278 g/mol. The number of thiocarbonyl (C=S) groups is 1. The second kappa shape index (κ2) is 7.56. The predicted octanol–water partition coefficient (Wildman–Crippen LogP) is 3.27. The molecule has 1 fully saturated rings. The summed E-state index contributed by atoms with van der Waals surface area (Å²) in [6.07, 6.45) is 8.26. The van der Waals surface area contributed by atoms with Crippen LogP contribution in [0.4, 0.5) is 0 Å². The van der Waals surface area contributed by atoms with Crippen LogP contribution < -0.4 is 5.32 Å². The first-order valence-electron chi connectivity index (χ1n) is 7.02. The molecule has 2 rings (SSSR count). The van der Waals surface area contributed by atoms with Crippen LogP contribution in [-0.4, -0.2) is 23.6 Å².